The van der Waals surface area contributed by atoms with E-state index in [2.05, 4.69) is 22.2 Å². The smallest absolute Gasteiger partial charge is 0.254 e. The Morgan fingerprint density at radius 2 is 1.92 bits per heavy atom. The molecule has 6 nitrogen and oxygen atoms in total. The number of carbonyl (C=O) groups is 1. The van der Waals surface area contributed by atoms with E-state index in [1.807, 2.05) is 50.1 Å². The van der Waals surface area contributed by atoms with Gasteiger partial charge in [0.05, 0.1) is 16.6 Å². The van der Waals surface area contributed by atoms with Gasteiger partial charge in [-0.2, -0.15) is 5.10 Å². The zero-order valence-corrected chi connectivity index (χ0v) is 15.3. The van der Waals surface area contributed by atoms with E-state index in [-0.39, 0.29) is 17.9 Å². The molecule has 6 heteroatoms. The first kappa shape index (κ1) is 16.7. The summed E-state index contributed by atoms with van der Waals surface area (Å²) >= 11 is 0. The predicted molar refractivity (Wildman–Crippen MR) is 101 cm³/mol. The van der Waals surface area contributed by atoms with E-state index in [0.29, 0.717) is 18.7 Å². The molecule has 1 fully saturated rings. The van der Waals surface area contributed by atoms with Crippen LogP contribution in [0.4, 0.5) is 0 Å². The molecule has 2 atom stereocenters. The van der Waals surface area contributed by atoms with Gasteiger partial charge in [-0.25, -0.2) is 4.98 Å². The van der Waals surface area contributed by atoms with Crippen LogP contribution in [0, 0.1) is 13.8 Å². The Morgan fingerprint density at radius 3 is 2.65 bits per heavy atom. The molecular formula is C20H23N5O. The first-order valence-electron chi connectivity index (χ1n) is 8.86. The number of amides is 1. The maximum atomic E-state index is 13.3. The molecule has 1 saturated heterocycles. The van der Waals surface area contributed by atoms with Gasteiger partial charge in [0.2, 0.25) is 0 Å². The number of pyridine rings is 1. The molecule has 0 unspecified atom stereocenters. The Bertz CT molecular complexity index is 979. The first-order chi connectivity index (χ1) is 12.5. The van der Waals surface area contributed by atoms with Crippen molar-refractivity contribution in [2.45, 2.75) is 25.8 Å². The normalized spacial score (nSPS) is 20.1. The fraction of sp³-hybridized carbons (Fsp3) is 0.350. The van der Waals surface area contributed by atoms with Gasteiger partial charge < -0.3 is 10.6 Å². The molecule has 2 N–H and O–H groups in total. The molecule has 0 aliphatic carbocycles. The third-order valence-electron chi connectivity index (χ3n) is 5.21. The van der Waals surface area contributed by atoms with Crippen LogP contribution in [0.1, 0.15) is 33.2 Å². The number of aryl methyl sites for hydroxylation is 3. The highest BCUT2D eigenvalue weighted by atomic mass is 16.2. The van der Waals surface area contributed by atoms with E-state index in [4.69, 9.17) is 5.73 Å². The summed E-state index contributed by atoms with van der Waals surface area (Å²) in [6.45, 7) is 5.01. The minimum absolute atomic E-state index is 0.00508. The molecule has 26 heavy (non-hydrogen) atoms. The molecule has 0 spiro atoms. The molecule has 3 aromatic rings. The summed E-state index contributed by atoms with van der Waals surface area (Å²) in [5.74, 6) is 0.166. The molecule has 4 rings (SSSR count). The number of hydrogen-bond donors (Lipinski definition) is 1. The average molecular weight is 349 g/mol. The topological polar surface area (TPSA) is 77.0 Å². The minimum atomic E-state index is -0.0604. The first-order valence-corrected chi connectivity index (χ1v) is 8.86. The number of carbonyl (C=O) groups excluding carboxylic acids is 1. The summed E-state index contributed by atoms with van der Waals surface area (Å²) in [5, 5.41) is 5.27. The van der Waals surface area contributed by atoms with E-state index in [0.717, 1.165) is 22.4 Å². The number of nitrogens with two attached hydrogens (primary N) is 1. The van der Waals surface area contributed by atoms with Crippen LogP contribution in [0.2, 0.25) is 0 Å². The number of benzene rings is 1. The van der Waals surface area contributed by atoms with Crippen molar-refractivity contribution in [2.75, 3.05) is 13.1 Å². The van der Waals surface area contributed by atoms with Crippen molar-refractivity contribution in [1.29, 1.82) is 0 Å². The van der Waals surface area contributed by atoms with Gasteiger partial charge in [0.25, 0.3) is 5.91 Å². The highest BCUT2D eigenvalue weighted by Gasteiger charge is 2.35. The van der Waals surface area contributed by atoms with Crippen LogP contribution in [0.3, 0.4) is 0 Å². The summed E-state index contributed by atoms with van der Waals surface area (Å²) in [7, 11) is 1.85. The molecule has 3 heterocycles. The van der Waals surface area contributed by atoms with Gasteiger partial charge in [0.1, 0.15) is 0 Å². The molecule has 2 aromatic heterocycles. The molecule has 0 bridgehead atoms. The highest BCUT2D eigenvalue weighted by Crippen LogP contribution is 2.29. The van der Waals surface area contributed by atoms with Crippen LogP contribution in [0.25, 0.3) is 11.0 Å². The van der Waals surface area contributed by atoms with E-state index in [1.165, 1.54) is 5.56 Å². The molecule has 1 aliphatic heterocycles. The Morgan fingerprint density at radius 1 is 1.19 bits per heavy atom. The lowest BCUT2D eigenvalue weighted by atomic mass is 9.95. The molecule has 1 aromatic carbocycles. The van der Waals surface area contributed by atoms with Crippen molar-refractivity contribution in [2.24, 2.45) is 12.8 Å². The lowest BCUT2D eigenvalue weighted by Gasteiger charge is -2.17. The number of nitrogens with zero attached hydrogens (tertiary/aromatic N) is 4. The van der Waals surface area contributed by atoms with Crippen LogP contribution in [-0.2, 0) is 7.05 Å². The number of fused-ring (bicyclic) bond motifs is 1. The maximum Gasteiger partial charge on any atom is 0.254 e. The van der Waals surface area contributed by atoms with Crippen molar-refractivity contribution in [3.8, 4) is 0 Å². The van der Waals surface area contributed by atoms with E-state index in [9.17, 15) is 4.79 Å². The van der Waals surface area contributed by atoms with Crippen molar-refractivity contribution < 1.29 is 4.79 Å². The Labute approximate surface area is 152 Å². The Hall–Kier alpha value is -2.73. The van der Waals surface area contributed by atoms with Gasteiger partial charge >= 0.3 is 0 Å². The lowest BCUT2D eigenvalue weighted by molar-refractivity contribution is 0.0791. The summed E-state index contributed by atoms with van der Waals surface area (Å²) in [4.78, 5) is 19.7. The van der Waals surface area contributed by atoms with Crippen LogP contribution in [0.15, 0.2) is 36.4 Å². The average Bonchev–Trinajstić information content (AvgIpc) is 3.14. The highest BCUT2D eigenvalue weighted by molar-refractivity contribution is 6.06. The van der Waals surface area contributed by atoms with Gasteiger partial charge in [0.15, 0.2) is 5.65 Å². The van der Waals surface area contributed by atoms with Gasteiger partial charge in [-0.3, -0.25) is 9.48 Å². The molecule has 0 radical (unpaired) electrons. The number of rotatable bonds is 2. The molecular weight excluding hydrogens is 326 g/mol. The summed E-state index contributed by atoms with van der Waals surface area (Å²) in [6, 6.07) is 12.0. The molecule has 134 valence electrons. The van der Waals surface area contributed by atoms with Crippen molar-refractivity contribution in [3.63, 3.8) is 0 Å². The van der Waals surface area contributed by atoms with Gasteiger partial charge in [-0.15, -0.1) is 0 Å². The zero-order chi connectivity index (χ0) is 18.4. The maximum absolute atomic E-state index is 13.3. The standard InChI is InChI=1S/C20H23N5O/c1-12-9-15(18-13(2)23-24(3)19(18)22-12)20(26)25-10-16(17(21)11-25)14-7-5-4-6-8-14/h4-9,16-17H,10-11,21H2,1-3H3/t16-,17+/m0/s1. The van der Waals surface area contributed by atoms with E-state index < -0.39 is 0 Å². The summed E-state index contributed by atoms with van der Waals surface area (Å²) < 4.78 is 1.73. The molecule has 0 saturated carbocycles. The van der Waals surface area contributed by atoms with Crippen LogP contribution < -0.4 is 5.73 Å². The molecule has 1 amide bonds. The second-order valence-corrected chi connectivity index (χ2v) is 7.11. The Kier molecular flexibility index (Phi) is 4.00. The van der Waals surface area contributed by atoms with Gasteiger partial charge in [-0.1, -0.05) is 30.3 Å². The fourth-order valence-electron chi connectivity index (χ4n) is 3.96. The van der Waals surface area contributed by atoms with Gasteiger partial charge in [0, 0.05) is 37.8 Å². The zero-order valence-electron chi connectivity index (χ0n) is 15.3. The number of hydrogen-bond acceptors (Lipinski definition) is 4. The van der Waals surface area contributed by atoms with Crippen LogP contribution in [-0.4, -0.2) is 44.7 Å². The Balaban J connectivity index is 1.70. The number of likely N-dealkylation sites (tertiary alicyclic amines) is 1. The second kappa shape index (κ2) is 6.21. The summed E-state index contributed by atoms with van der Waals surface area (Å²) in [5.41, 5.74) is 10.6. The quantitative estimate of drug-likeness (QED) is 0.769. The van der Waals surface area contributed by atoms with E-state index in [1.54, 1.807) is 4.68 Å². The summed E-state index contributed by atoms with van der Waals surface area (Å²) in [6.07, 6.45) is 0. The SMILES string of the molecule is Cc1cc(C(=O)N2C[C@@H](N)[C@H](c3ccccc3)C2)c2c(C)nn(C)c2n1. The lowest BCUT2D eigenvalue weighted by Crippen LogP contribution is -2.32. The predicted octanol–water partition coefficient (Wildman–Crippen LogP) is 2.15. The van der Waals surface area contributed by atoms with Crippen LogP contribution >= 0.6 is 0 Å². The third-order valence-corrected chi connectivity index (χ3v) is 5.21. The van der Waals surface area contributed by atoms with Crippen molar-refractivity contribution >= 4 is 16.9 Å². The molecule has 1 aliphatic rings. The fourth-order valence-corrected chi connectivity index (χ4v) is 3.96. The van der Waals surface area contributed by atoms with Crippen LogP contribution in [0.5, 0.6) is 0 Å². The van der Waals surface area contributed by atoms with Gasteiger partial charge in [-0.05, 0) is 25.5 Å². The monoisotopic (exact) mass is 349 g/mol. The number of aromatic nitrogens is 3. The third kappa shape index (κ3) is 2.66. The van der Waals surface area contributed by atoms with Crippen molar-refractivity contribution in [1.82, 2.24) is 19.7 Å². The second-order valence-electron chi connectivity index (χ2n) is 7.11. The van der Waals surface area contributed by atoms with Crippen molar-refractivity contribution in [3.05, 3.63) is 58.9 Å². The largest absolute Gasteiger partial charge is 0.336 e. The van der Waals surface area contributed by atoms with E-state index >= 15 is 0 Å². The minimum Gasteiger partial charge on any atom is -0.336 e.